The third-order valence-corrected chi connectivity index (χ3v) is 5.22. The number of rotatable bonds is 8. The number of nitrogens with two attached hydrogens (primary N) is 1. The van der Waals surface area contributed by atoms with Crippen LogP contribution in [0.25, 0.3) is 22.9 Å². The fourth-order valence-corrected chi connectivity index (χ4v) is 3.24. The van der Waals surface area contributed by atoms with Crippen molar-refractivity contribution in [1.29, 1.82) is 0 Å². The minimum absolute atomic E-state index is 0.0307. The van der Waals surface area contributed by atoms with E-state index in [9.17, 15) is 31.9 Å². The molecule has 194 valence electrons. The van der Waals surface area contributed by atoms with Crippen LogP contribution in [0.15, 0.2) is 53.4 Å². The Morgan fingerprint density at radius 2 is 1.89 bits per heavy atom. The average molecular weight is 524 g/mol. The predicted octanol–water partition coefficient (Wildman–Crippen LogP) is 2.02. The maximum absolute atomic E-state index is 14.3. The summed E-state index contributed by atoms with van der Waals surface area (Å²) in [6.07, 6.45) is -3.50. The van der Waals surface area contributed by atoms with E-state index in [1.165, 1.54) is 40.6 Å². The molecule has 11 nitrogen and oxygen atoms in total. The van der Waals surface area contributed by atoms with Gasteiger partial charge in [-0.25, -0.2) is 24.6 Å². The van der Waals surface area contributed by atoms with Crippen molar-refractivity contribution in [2.75, 3.05) is 11.9 Å². The van der Waals surface area contributed by atoms with Crippen molar-refractivity contribution in [3.8, 4) is 22.9 Å². The summed E-state index contributed by atoms with van der Waals surface area (Å²) in [4.78, 5) is 19.2. The molecule has 1 atom stereocenters. The van der Waals surface area contributed by atoms with Gasteiger partial charge in [0, 0.05) is 11.6 Å². The lowest BCUT2D eigenvalue weighted by atomic mass is 10.0. The SMILES string of the molecule is NNC(=O)C(O)(CNc1nc(-c2cc(-c3ccon3)n(Cc3ccccc3F)n2)ncc1F)C(F)(F)F. The van der Waals surface area contributed by atoms with Crippen LogP contribution in [0.5, 0.6) is 0 Å². The summed E-state index contributed by atoms with van der Waals surface area (Å²) in [6.45, 7) is -1.56. The molecule has 0 saturated heterocycles. The van der Waals surface area contributed by atoms with Gasteiger partial charge in [0.05, 0.1) is 25.0 Å². The van der Waals surface area contributed by atoms with E-state index in [0.29, 0.717) is 17.6 Å². The minimum Gasteiger partial charge on any atom is -0.371 e. The van der Waals surface area contributed by atoms with Gasteiger partial charge in [0.1, 0.15) is 23.5 Å². The van der Waals surface area contributed by atoms with Gasteiger partial charge in [-0.2, -0.15) is 18.3 Å². The van der Waals surface area contributed by atoms with Crippen LogP contribution in [-0.4, -0.2) is 54.2 Å². The molecular weight excluding hydrogens is 507 g/mol. The lowest BCUT2D eigenvalue weighted by Crippen LogP contribution is -2.62. The number of hydrazine groups is 1. The fourth-order valence-electron chi connectivity index (χ4n) is 3.24. The van der Waals surface area contributed by atoms with Crippen molar-refractivity contribution in [1.82, 2.24) is 30.3 Å². The standard InChI is InChI=1S/C21H17F5N8O3/c22-12-4-2-1-3-11(12)9-34-16(14-5-6-37-33-14)7-15(32-34)18-28-8-13(23)17(30-18)29-10-20(36,19(35)31-27)21(24,25)26/h1-8,36H,9-10,27H2,(H,31,35)(H,28,29,30). The second-order valence-corrected chi connectivity index (χ2v) is 7.62. The Morgan fingerprint density at radius 3 is 2.54 bits per heavy atom. The van der Waals surface area contributed by atoms with Gasteiger partial charge in [0.25, 0.3) is 11.5 Å². The van der Waals surface area contributed by atoms with Crippen molar-refractivity contribution in [3.05, 3.63) is 66.1 Å². The van der Waals surface area contributed by atoms with Crippen molar-refractivity contribution in [2.24, 2.45) is 5.84 Å². The maximum Gasteiger partial charge on any atom is 0.428 e. The van der Waals surface area contributed by atoms with Gasteiger partial charge in [0.2, 0.25) is 0 Å². The maximum atomic E-state index is 14.3. The molecule has 0 aliphatic heterocycles. The van der Waals surface area contributed by atoms with Gasteiger partial charge >= 0.3 is 6.18 Å². The monoisotopic (exact) mass is 524 g/mol. The third-order valence-electron chi connectivity index (χ3n) is 5.22. The van der Waals surface area contributed by atoms with E-state index >= 15 is 0 Å². The zero-order valence-corrected chi connectivity index (χ0v) is 18.5. The molecule has 4 aromatic rings. The number of amides is 1. The Hall–Kier alpha value is -4.44. The molecule has 0 radical (unpaired) electrons. The van der Waals surface area contributed by atoms with Gasteiger partial charge in [-0.15, -0.1) is 0 Å². The highest BCUT2D eigenvalue weighted by molar-refractivity contribution is 5.86. The zero-order chi connectivity index (χ0) is 26.8. The Kier molecular flexibility index (Phi) is 6.86. The Bertz CT molecular complexity index is 1410. The highest BCUT2D eigenvalue weighted by Gasteiger charge is 2.59. The van der Waals surface area contributed by atoms with Crippen LogP contribution in [0.2, 0.25) is 0 Å². The molecule has 37 heavy (non-hydrogen) atoms. The van der Waals surface area contributed by atoms with Crippen molar-refractivity contribution in [3.63, 3.8) is 0 Å². The predicted molar refractivity (Wildman–Crippen MR) is 116 cm³/mol. The van der Waals surface area contributed by atoms with Gasteiger partial charge in [-0.1, -0.05) is 23.4 Å². The molecule has 1 amide bonds. The fraction of sp³-hybridized carbons (Fsp3) is 0.190. The Morgan fingerprint density at radius 1 is 1.14 bits per heavy atom. The average Bonchev–Trinajstić information content (AvgIpc) is 3.53. The number of alkyl halides is 3. The lowest BCUT2D eigenvalue weighted by molar-refractivity contribution is -0.246. The summed E-state index contributed by atoms with van der Waals surface area (Å²) in [6, 6.07) is 8.90. The number of halogens is 5. The smallest absolute Gasteiger partial charge is 0.371 e. The van der Waals surface area contributed by atoms with Crippen LogP contribution in [-0.2, 0) is 11.3 Å². The van der Waals surface area contributed by atoms with Crippen LogP contribution >= 0.6 is 0 Å². The van der Waals surface area contributed by atoms with Crippen LogP contribution in [0.4, 0.5) is 27.8 Å². The number of hydrogen-bond donors (Lipinski definition) is 4. The number of aliphatic hydroxyl groups is 1. The van der Waals surface area contributed by atoms with E-state index in [2.05, 4.69) is 20.2 Å². The number of hydrogen-bond acceptors (Lipinski definition) is 9. The molecule has 3 aromatic heterocycles. The second kappa shape index (κ2) is 9.90. The molecular formula is C21H17F5N8O3. The Labute approximate surface area is 204 Å². The molecule has 1 aromatic carbocycles. The molecule has 0 bridgehead atoms. The summed E-state index contributed by atoms with van der Waals surface area (Å²) >= 11 is 0. The number of nitrogens with one attached hydrogen (secondary N) is 2. The second-order valence-electron chi connectivity index (χ2n) is 7.62. The number of aromatic nitrogens is 5. The van der Waals surface area contributed by atoms with E-state index in [1.807, 2.05) is 5.32 Å². The minimum atomic E-state index is -5.45. The van der Waals surface area contributed by atoms with E-state index < -0.39 is 41.7 Å². The van der Waals surface area contributed by atoms with Gasteiger partial charge in [-0.3, -0.25) is 14.9 Å². The summed E-state index contributed by atoms with van der Waals surface area (Å²) in [5.41, 5.74) is -1.78. The van der Waals surface area contributed by atoms with Crippen LogP contribution < -0.4 is 16.6 Å². The van der Waals surface area contributed by atoms with Crippen molar-refractivity contribution < 1.29 is 36.4 Å². The first-order chi connectivity index (χ1) is 17.5. The van der Waals surface area contributed by atoms with Crippen molar-refractivity contribution in [2.45, 2.75) is 18.3 Å². The van der Waals surface area contributed by atoms with Gasteiger partial charge in [-0.05, 0) is 12.1 Å². The first-order valence-electron chi connectivity index (χ1n) is 10.3. The largest absolute Gasteiger partial charge is 0.428 e. The topological polar surface area (TPSA) is 157 Å². The molecule has 0 aliphatic rings. The van der Waals surface area contributed by atoms with Gasteiger partial charge in [0.15, 0.2) is 17.5 Å². The van der Waals surface area contributed by atoms with Gasteiger partial charge < -0.3 is 14.9 Å². The molecule has 4 rings (SSSR count). The molecule has 5 N–H and O–H groups in total. The first kappa shape index (κ1) is 25.6. The van der Waals surface area contributed by atoms with E-state index in [-0.39, 0.29) is 23.6 Å². The number of benzene rings is 1. The summed E-state index contributed by atoms with van der Waals surface area (Å²) < 4.78 is 74.6. The van der Waals surface area contributed by atoms with Crippen LogP contribution in [0, 0.1) is 11.6 Å². The number of anilines is 1. The third kappa shape index (κ3) is 5.10. The number of carbonyl (C=O) groups is 1. The normalized spacial score (nSPS) is 13.3. The first-order valence-corrected chi connectivity index (χ1v) is 10.3. The molecule has 0 aliphatic carbocycles. The highest BCUT2D eigenvalue weighted by Crippen LogP contribution is 2.31. The highest BCUT2D eigenvalue weighted by atomic mass is 19.4. The quantitative estimate of drug-likeness (QED) is 0.117. The summed E-state index contributed by atoms with van der Waals surface area (Å²) in [5.74, 6) is 0.111. The van der Waals surface area contributed by atoms with E-state index in [4.69, 9.17) is 10.4 Å². The van der Waals surface area contributed by atoms with E-state index in [1.54, 1.807) is 12.1 Å². The molecule has 0 spiro atoms. The van der Waals surface area contributed by atoms with Crippen LogP contribution in [0.3, 0.4) is 0 Å². The molecule has 0 fully saturated rings. The summed E-state index contributed by atoms with van der Waals surface area (Å²) in [7, 11) is 0. The summed E-state index contributed by atoms with van der Waals surface area (Å²) in [5, 5.41) is 20.0. The zero-order valence-electron chi connectivity index (χ0n) is 18.5. The lowest BCUT2D eigenvalue weighted by Gasteiger charge is -2.28. The van der Waals surface area contributed by atoms with Crippen molar-refractivity contribution >= 4 is 11.7 Å². The molecule has 3 heterocycles. The number of carbonyl (C=O) groups excluding carboxylic acids is 1. The molecule has 1 unspecified atom stereocenters. The van der Waals surface area contributed by atoms with Crippen LogP contribution in [0.1, 0.15) is 5.56 Å². The van der Waals surface area contributed by atoms with E-state index in [0.717, 1.165) is 0 Å². The molecule has 0 saturated carbocycles. The molecule has 16 heteroatoms. The Balaban J connectivity index is 1.68. The number of nitrogens with zero attached hydrogens (tertiary/aromatic N) is 5.